The molecule has 1 rings (SSSR count). The summed E-state index contributed by atoms with van der Waals surface area (Å²) in [6.45, 7) is 6.06. The van der Waals surface area contributed by atoms with Crippen LogP contribution in [0.2, 0.25) is 0 Å². The van der Waals surface area contributed by atoms with Gasteiger partial charge in [0.1, 0.15) is 11.6 Å². The Morgan fingerprint density at radius 2 is 1.55 bits per heavy atom. The quantitative estimate of drug-likeness (QED) is 0.551. The summed E-state index contributed by atoms with van der Waals surface area (Å²) in [5.74, 6) is -0.00692. The fourth-order valence-corrected chi connectivity index (χ4v) is 2.41. The lowest BCUT2D eigenvalue weighted by Crippen LogP contribution is -2.28. The smallest absolute Gasteiger partial charge is 0.142 e. The molecule has 1 nitrogen and oxygen atoms in total. The van der Waals surface area contributed by atoms with Crippen molar-refractivity contribution in [3.63, 3.8) is 0 Å². The van der Waals surface area contributed by atoms with Crippen LogP contribution in [0.15, 0.2) is 24.3 Å². The Hall–Kier alpha value is -1.18. The van der Waals surface area contributed by atoms with Crippen molar-refractivity contribution in [3.05, 3.63) is 35.6 Å². The molecule has 1 aromatic carbocycles. The summed E-state index contributed by atoms with van der Waals surface area (Å²) < 4.78 is 12.9. The minimum atomic E-state index is -0.517. The molecule has 0 atom stereocenters. The van der Waals surface area contributed by atoms with Gasteiger partial charge in [-0.25, -0.2) is 4.39 Å². The lowest BCUT2D eigenvalue weighted by atomic mass is 9.79. The van der Waals surface area contributed by atoms with Gasteiger partial charge in [-0.1, -0.05) is 51.2 Å². The van der Waals surface area contributed by atoms with Gasteiger partial charge in [-0.15, -0.1) is 0 Å². The van der Waals surface area contributed by atoms with E-state index in [1.54, 1.807) is 12.1 Å². The Bertz CT molecular complexity index is 406. The van der Waals surface area contributed by atoms with E-state index in [0.29, 0.717) is 6.42 Å². The van der Waals surface area contributed by atoms with E-state index >= 15 is 0 Å². The lowest BCUT2D eigenvalue weighted by Gasteiger charge is -2.23. The maximum absolute atomic E-state index is 12.9. The van der Waals surface area contributed by atoms with Gasteiger partial charge in [0.2, 0.25) is 0 Å². The number of carbonyl (C=O) groups excluding carboxylic acids is 1. The van der Waals surface area contributed by atoms with Crippen molar-refractivity contribution >= 4 is 5.78 Å². The summed E-state index contributed by atoms with van der Waals surface area (Å²) >= 11 is 0. The Morgan fingerprint density at radius 3 is 2.15 bits per heavy atom. The molecule has 0 saturated carbocycles. The number of hydrogen-bond donors (Lipinski definition) is 0. The van der Waals surface area contributed by atoms with Crippen LogP contribution in [-0.4, -0.2) is 5.78 Å². The Balaban J connectivity index is 2.43. The van der Waals surface area contributed by atoms with E-state index in [0.717, 1.165) is 18.4 Å². The first-order chi connectivity index (χ1) is 9.48. The zero-order chi connectivity index (χ0) is 15.0. The van der Waals surface area contributed by atoms with Crippen LogP contribution in [0, 0.1) is 5.82 Å². The van der Waals surface area contributed by atoms with Crippen LogP contribution in [0.4, 0.5) is 4.39 Å². The van der Waals surface area contributed by atoms with Crippen LogP contribution in [0.3, 0.4) is 0 Å². The third kappa shape index (κ3) is 5.07. The van der Waals surface area contributed by atoms with Gasteiger partial charge in [-0.2, -0.15) is 0 Å². The summed E-state index contributed by atoms with van der Waals surface area (Å²) in [6.07, 6.45) is 7.74. The number of halogens is 1. The first kappa shape index (κ1) is 16.9. The number of ketones is 1. The third-order valence-corrected chi connectivity index (χ3v) is 4.02. The predicted octanol–water partition coefficient (Wildman–Crippen LogP) is 5.42. The predicted molar refractivity (Wildman–Crippen MR) is 82.4 cm³/mol. The molecule has 0 bridgehead atoms. The molecule has 0 aliphatic carbocycles. The van der Waals surface area contributed by atoms with Crippen LogP contribution in [0.1, 0.15) is 71.3 Å². The van der Waals surface area contributed by atoms with E-state index in [4.69, 9.17) is 0 Å². The standard InChI is InChI=1S/C18H27FO/c1-4-5-6-7-8-9-10-17(20)18(2,3)15-11-13-16(19)14-12-15/h11-14H,4-10H2,1-3H3. The van der Waals surface area contributed by atoms with Gasteiger partial charge in [0.25, 0.3) is 0 Å². The molecular formula is C18H27FO. The summed E-state index contributed by atoms with van der Waals surface area (Å²) in [6, 6.07) is 6.28. The third-order valence-electron chi connectivity index (χ3n) is 4.02. The van der Waals surface area contributed by atoms with Gasteiger partial charge in [0, 0.05) is 11.8 Å². The molecule has 0 amide bonds. The van der Waals surface area contributed by atoms with E-state index in [1.807, 2.05) is 13.8 Å². The largest absolute Gasteiger partial charge is 0.299 e. The highest BCUT2D eigenvalue weighted by Gasteiger charge is 2.28. The second-order valence-corrected chi connectivity index (χ2v) is 6.07. The topological polar surface area (TPSA) is 17.1 Å². The fourth-order valence-electron chi connectivity index (χ4n) is 2.41. The molecule has 0 radical (unpaired) electrons. The maximum atomic E-state index is 12.9. The molecule has 2 heteroatoms. The van der Waals surface area contributed by atoms with Crippen LogP contribution in [0.5, 0.6) is 0 Å². The van der Waals surface area contributed by atoms with E-state index in [2.05, 4.69) is 6.92 Å². The number of Topliss-reactive ketones (excluding diaryl/α,β-unsaturated/α-hetero) is 1. The Labute approximate surface area is 122 Å². The molecule has 0 aromatic heterocycles. The zero-order valence-corrected chi connectivity index (χ0v) is 13.0. The molecule has 0 aliphatic heterocycles. The minimum absolute atomic E-state index is 0.250. The van der Waals surface area contributed by atoms with Crippen LogP contribution >= 0.6 is 0 Å². The van der Waals surface area contributed by atoms with Crippen molar-refractivity contribution in [2.24, 2.45) is 0 Å². The van der Waals surface area contributed by atoms with Gasteiger partial charge in [-0.3, -0.25) is 4.79 Å². The second-order valence-electron chi connectivity index (χ2n) is 6.07. The van der Waals surface area contributed by atoms with Crippen LogP contribution in [0.25, 0.3) is 0 Å². The summed E-state index contributed by atoms with van der Waals surface area (Å²) in [5, 5.41) is 0. The minimum Gasteiger partial charge on any atom is -0.299 e. The van der Waals surface area contributed by atoms with E-state index in [9.17, 15) is 9.18 Å². The highest BCUT2D eigenvalue weighted by molar-refractivity contribution is 5.89. The molecule has 0 aliphatic rings. The molecule has 0 spiro atoms. The molecule has 0 saturated heterocycles. The first-order valence-corrected chi connectivity index (χ1v) is 7.78. The zero-order valence-electron chi connectivity index (χ0n) is 13.0. The average Bonchev–Trinajstić information content (AvgIpc) is 2.43. The van der Waals surface area contributed by atoms with Gasteiger partial charge in [-0.05, 0) is 38.0 Å². The van der Waals surface area contributed by atoms with Crippen molar-refractivity contribution in [1.82, 2.24) is 0 Å². The number of hydrogen-bond acceptors (Lipinski definition) is 1. The number of unbranched alkanes of at least 4 members (excludes halogenated alkanes) is 5. The lowest BCUT2D eigenvalue weighted by molar-refractivity contribution is -0.123. The van der Waals surface area contributed by atoms with Gasteiger partial charge in [0.15, 0.2) is 0 Å². The summed E-state index contributed by atoms with van der Waals surface area (Å²) in [4.78, 5) is 12.3. The average molecular weight is 278 g/mol. The number of rotatable bonds is 9. The molecule has 20 heavy (non-hydrogen) atoms. The number of carbonyl (C=O) groups is 1. The van der Waals surface area contributed by atoms with E-state index in [1.165, 1.54) is 37.8 Å². The van der Waals surface area contributed by atoms with E-state index in [-0.39, 0.29) is 11.6 Å². The Morgan fingerprint density at radius 1 is 1.00 bits per heavy atom. The molecule has 1 aromatic rings. The number of benzene rings is 1. The van der Waals surface area contributed by atoms with Crippen molar-refractivity contribution in [2.75, 3.05) is 0 Å². The normalized spacial score (nSPS) is 11.6. The highest BCUT2D eigenvalue weighted by atomic mass is 19.1. The first-order valence-electron chi connectivity index (χ1n) is 7.78. The van der Waals surface area contributed by atoms with Crippen molar-refractivity contribution in [2.45, 2.75) is 71.1 Å². The van der Waals surface area contributed by atoms with Gasteiger partial charge < -0.3 is 0 Å². The molecular weight excluding hydrogens is 251 g/mol. The maximum Gasteiger partial charge on any atom is 0.142 e. The summed E-state index contributed by atoms with van der Waals surface area (Å²) in [7, 11) is 0. The molecule has 0 unspecified atom stereocenters. The van der Waals surface area contributed by atoms with E-state index < -0.39 is 5.41 Å². The molecule has 0 N–H and O–H groups in total. The SMILES string of the molecule is CCCCCCCCC(=O)C(C)(C)c1ccc(F)cc1. The van der Waals surface area contributed by atoms with Crippen LogP contribution < -0.4 is 0 Å². The molecule has 0 fully saturated rings. The van der Waals surface area contributed by atoms with Crippen molar-refractivity contribution in [1.29, 1.82) is 0 Å². The monoisotopic (exact) mass is 278 g/mol. The second kappa shape index (κ2) is 8.18. The molecule has 0 heterocycles. The fraction of sp³-hybridized carbons (Fsp3) is 0.611. The van der Waals surface area contributed by atoms with Crippen LogP contribution in [-0.2, 0) is 10.2 Å². The Kier molecular flexibility index (Phi) is 6.90. The van der Waals surface area contributed by atoms with Crippen molar-refractivity contribution < 1.29 is 9.18 Å². The summed E-state index contributed by atoms with van der Waals surface area (Å²) in [5.41, 5.74) is 0.381. The highest BCUT2D eigenvalue weighted by Crippen LogP contribution is 2.26. The molecule has 112 valence electrons. The van der Waals surface area contributed by atoms with Crippen molar-refractivity contribution in [3.8, 4) is 0 Å². The van der Waals surface area contributed by atoms with Gasteiger partial charge >= 0.3 is 0 Å². The van der Waals surface area contributed by atoms with Gasteiger partial charge in [0.05, 0.1) is 0 Å².